The van der Waals surface area contributed by atoms with E-state index in [-0.39, 0.29) is 24.2 Å². The van der Waals surface area contributed by atoms with Gasteiger partial charge in [0.15, 0.2) is 0 Å². The molecule has 0 aromatic carbocycles. The van der Waals surface area contributed by atoms with E-state index in [0.29, 0.717) is 12.1 Å². The third-order valence-electron chi connectivity index (χ3n) is 3.89. The van der Waals surface area contributed by atoms with Crippen molar-refractivity contribution in [2.24, 2.45) is 11.7 Å². The van der Waals surface area contributed by atoms with Gasteiger partial charge in [0.05, 0.1) is 0 Å². The average molecular weight is 277 g/mol. The average Bonchev–Trinajstić information content (AvgIpc) is 2.33. The van der Waals surface area contributed by atoms with Gasteiger partial charge in [-0.2, -0.15) is 0 Å². The van der Waals surface area contributed by atoms with Gasteiger partial charge in [-0.3, -0.25) is 4.79 Å². The van der Waals surface area contributed by atoms with E-state index in [4.69, 9.17) is 5.73 Å². The zero-order valence-electron chi connectivity index (χ0n) is 11.8. The molecule has 0 bridgehead atoms. The van der Waals surface area contributed by atoms with Crippen LogP contribution in [-0.4, -0.2) is 18.0 Å². The molecule has 1 amide bonds. The molecule has 4 heteroatoms. The molecule has 0 aromatic rings. The van der Waals surface area contributed by atoms with Crippen LogP contribution in [0.4, 0.5) is 0 Å². The number of halogens is 1. The summed E-state index contributed by atoms with van der Waals surface area (Å²) in [7, 11) is 0. The molecule has 1 atom stereocenters. The lowest BCUT2D eigenvalue weighted by Crippen LogP contribution is -2.42. The number of carbonyl (C=O) groups excluding carboxylic acids is 1. The first-order chi connectivity index (χ1) is 8.17. The van der Waals surface area contributed by atoms with Crippen molar-refractivity contribution in [1.82, 2.24) is 5.32 Å². The third-order valence-corrected chi connectivity index (χ3v) is 3.89. The van der Waals surface area contributed by atoms with Crippen LogP contribution in [0.5, 0.6) is 0 Å². The van der Waals surface area contributed by atoms with E-state index in [2.05, 4.69) is 19.2 Å². The Labute approximate surface area is 118 Å². The van der Waals surface area contributed by atoms with Crippen LogP contribution in [0.2, 0.25) is 0 Å². The summed E-state index contributed by atoms with van der Waals surface area (Å²) in [5.41, 5.74) is 5.87. The molecule has 18 heavy (non-hydrogen) atoms. The molecule has 1 rings (SSSR count). The topological polar surface area (TPSA) is 55.1 Å². The van der Waals surface area contributed by atoms with E-state index in [1.54, 1.807) is 0 Å². The first-order valence-electron chi connectivity index (χ1n) is 7.23. The molecule has 0 aromatic heterocycles. The monoisotopic (exact) mass is 276 g/mol. The van der Waals surface area contributed by atoms with Gasteiger partial charge in [0, 0.05) is 18.0 Å². The number of nitrogens with one attached hydrogen (secondary N) is 1. The standard InChI is InChI=1S/C14H28N2O.ClH/c1-3-5-6-11(4-2)14(17)16-13-9-7-12(15)8-10-13;/h11-13H,3-10,15H2,1-2H3,(H,16,17);1H. The molecule has 1 aliphatic rings. The van der Waals surface area contributed by atoms with E-state index in [1.807, 2.05) is 0 Å². The Hall–Kier alpha value is -0.280. The van der Waals surface area contributed by atoms with Crippen molar-refractivity contribution in [2.45, 2.75) is 77.3 Å². The minimum absolute atomic E-state index is 0. The highest BCUT2D eigenvalue weighted by Crippen LogP contribution is 2.19. The fourth-order valence-electron chi connectivity index (χ4n) is 2.55. The molecule has 3 nitrogen and oxygen atoms in total. The summed E-state index contributed by atoms with van der Waals surface area (Å²) in [6, 6.07) is 0.725. The molecule has 0 aliphatic heterocycles. The summed E-state index contributed by atoms with van der Waals surface area (Å²) >= 11 is 0. The minimum atomic E-state index is 0. The Bertz CT molecular complexity index is 228. The summed E-state index contributed by atoms with van der Waals surface area (Å²) in [5, 5.41) is 3.20. The van der Waals surface area contributed by atoms with E-state index in [1.165, 1.54) is 6.42 Å². The van der Waals surface area contributed by atoms with Crippen LogP contribution in [0.1, 0.15) is 65.2 Å². The number of nitrogens with two attached hydrogens (primary N) is 1. The largest absolute Gasteiger partial charge is 0.353 e. The molecule has 1 aliphatic carbocycles. The van der Waals surface area contributed by atoms with E-state index in [0.717, 1.165) is 44.9 Å². The molecule has 1 saturated carbocycles. The van der Waals surface area contributed by atoms with Crippen LogP contribution in [0, 0.1) is 5.92 Å². The van der Waals surface area contributed by atoms with Gasteiger partial charge in [0.1, 0.15) is 0 Å². The van der Waals surface area contributed by atoms with Gasteiger partial charge in [-0.15, -0.1) is 12.4 Å². The van der Waals surface area contributed by atoms with Crippen LogP contribution in [-0.2, 0) is 4.79 Å². The van der Waals surface area contributed by atoms with Gasteiger partial charge in [0.2, 0.25) is 5.91 Å². The van der Waals surface area contributed by atoms with Crippen LogP contribution in [0.25, 0.3) is 0 Å². The van der Waals surface area contributed by atoms with Gasteiger partial charge in [-0.25, -0.2) is 0 Å². The molecular weight excluding hydrogens is 248 g/mol. The lowest BCUT2D eigenvalue weighted by molar-refractivity contribution is -0.126. The molecule has 108 valence electrons. The van der Waals surface area contributed by atoms with E-state index in [9.17, 15) is 4.79 Å². The van der Waals surface area contributed by atoms with Crippen molar-refractivity contribution in [1.29, 1.82) is 0 Å². The van der Waals surface area contributed by atoms with Crippen molar-refractivity contribution in [2.75, 3.05) is 0 Å². The third kappa shape index (κ3) is 6.05. The molecule has 1 fully saturated rings. The number of unbranched alkanes of at least 4 members (excludes halogenated alkanes) is 1. The number of carbonyl (C=O) groups is 1. The first kappa shape index (κ1) is 17.7. The second-order valence-corrected chi connectivity index (χ2v) is 5.37. The predicted molar refractivity (Wildman–Crippen MR) is 78.9 cm³/mol. The van der Waals surface area contributed by atoms with Gasteiger partial charge >= 0.3 is 0 Å². The highest BCUT2D eigenvalue weighted by Gasteiger charge is 2.23. The Balaban J connectivity index is 0.00000289. The lowest BCUT2D eigenvalue weighted by atomic mass is 9.90. The van der Waals surface area contributed by atoms with Crippen LogP contribution < -0.4 is 11.1 Å². The SMILES string of the molecule is CCCCC(CC)C(=O)NC1CCC(N)CC1.Cl. The summed E-state index contributed by atoms with van der Waals surface area (Å²) in [6.45, 7) is 4.28. The molecule has 0 heterocycles. The van der Waals surface area contributed by atoms with Gasteiger partial charge in [-0.05, 0) is 38.5 Å². The predicted octanol–water partition coefficient (Wildman–Crippen LogP) is 3.01. The van der Waals surface area contributed by atoms with E-state index >= 15 is 0 Å². The Morgan fingerprint density at radius 2 is 1.89 bits per heavy atom. The number of hydrogen-bond acceptors (Lipinski definition) is 2. The molecular formula is C14H29ClN2O. The van der Waals surface area contributed by atoms with Crippen LogP contribution in [0.3, 0.4) is 0 Å². The fourth-order valence-corrected chi connectivity index (χ4v) is 2.55. The summed E-state index contributed by atoms with van der Waals surface area (Å²) in [4.78, 5) is 12.1. The maximum Gasteiger partial charge on any atom is 0.223 e. The van der Waals surface area contributed by atoms with Crippen molar-refractivity contribution in [3.8, 4) is 0 Å². The van der Waals surface area contributed by atoms with Gasteiger partial charge in [-0.1, -0.05) is 26.7 Å². The van der Waals surface area contributed by atoms with Gasteiger partial charge in [0.25, 0.3) is 0 Å². The smallest absolute Gasteiger partial charge is 0.223 e. The summed E-state index contributed by atoms with van der Waals surface area (Å²) < 4.78 is 0. The quantitative estimate of drug-likeness (QED) is 0.784. The number of amides is 1. The van der Waals surface area contributed by atoms with Crippen molar-refractivity contribution in [3.05, 3.63) is 0 Å². The summed E-state index contributed by atoms with van der Waals surface area (Å²) in [5.74, 6) is 0.479. The number of hydrogen-bond donors (Lipinski definition) is 2. The Kier molecular flexibility index (Phi) is 9.47. The molecule has 0 spiro atoms. The van der Waals surface area contributed by atoms with E-state index < -0.39 is 0 Å². The molecule has 0 radical (unpaired) electrons. The molecule has 0 saturated heterocycles. The zero-order chi connectivity index (χ0) is 12.7. The second kappa shape index (κ2) is 9.62. The minimum Gasteiger partial charge on any atom is -0.353 e. The molecule has 3 N–H and O–H groups in total. The zero-order valence-corrected chi connectivity index (χ0v) is 12.6. The van der Waals surface area contributed by atoms with Crippen LogP contribution in [0.15, 0.2) is 0 Å². The van der Waals surface area contributed by atoms with Gasteiger partial charge < -0.3 is 11.1 Å². The summed E-state index contributed by atoms with van der Waals surface area (Å²) in [6.07, 6.45) is 8.52. The highest BCUT2D eigenvalue weighted by molar-refractivity contribution is 5.85. The Morgan fingerprint density at radius 3 is 2.39 bits per heavy atom. The first-order valence-corrected chi connectivity index (χ1v) is 7.23. The fraction of sp³-hybridized carbons (Fsp3) is 0.929. The van der Waals surface area contributed by atoms with Crippen LogP contribution >= 0.6 is 12.4 Å². The number of rotatable bonds is 6. The van der Waals surface area contributed by atoms with Crippen molar-refractivity contribution in [3.63, 3.8) is 0 Å². The lowest BCUT2D eigenvalue weighted by Gasteiger charge is -2.28. The Morgan fingerprint density at radius 1 is 1.28 bits per heavy atom. The maximum absolute atomic E-state index is 12.1. The second-order valence-electron chi connectivity index (χ2n) is 5.37. The molecule has 1 unspecified atom stereocenters. The van der Waals surface area contributed by atoms with Crippen molar-refractivity contribution >= 4 is 18.3 Å². The highest BCUT2D eigenvalue weighted by atomic mass is 35.5. The van der Waals surface area contributed by atoms with Crippen molar-refractivity contribution < 1.29 is 4.79 Å². The maximum atomic E-state index is 12.1. The normalized spacial score (nSPS) is 25.1.